The van der Waals surface area contributed by atoms with Crippen LogP contribution in [-0.4, -0.2) is 118 Å². The number of alkyl halides is 1. The fourth-order valence-corrected chi connectivity index (χ4v) is 7.63. The van der Waals surface area contributed by atoms with Gasteiger partial charge in [-0.2, -0.15) is 0 Å². The van der Waals surface area contributed by atoms with Crippen LogP contribution in [0.25, 0.3) is 0 Å². The number of phenols is 1. The van der Waals surface area contributed by atoms with Crippen molar-refractivity contribution in [3.63, 3.8) is 0 Å². The SMILES string of the molecule is CC(C)[C@H](NC(=O)[C@H](Cc1ccc(O)cc1)NC(=O)OC(C)(C)C)C(=O)N1CCC[C@H]1C(=O)NCC(=O)N[C@@H](Cc1ccccc1)C(=O)N1C[C@@H](F)C[C@H]1C(=O)OCc1ccccc1. The molecular weight excluding hydrogens is 828 g/mol. The zero-order chi connectivity index (χ0) is 46.6. The van der Waals surface area contributed by atoms with Crippen molar-refractivity contribution in [2.45, 2.75) is 115 Å². The molecule has 6 atom stereocenters. The van der Waals surface area contributed by atoms with Gasteiger partial charge >= 0.3 is 12.1 Å². The Morgan fingerprint density at radius 3 is 2.00 bits per heavy atom. The highest BCUT2D eigenvalue weighted by Crippen LogP contribution is 2.25. The number of nitrogens with zero attached hydrogens (tertiary/aromatic N) is 2. The number of halogens is 1. The van der Waals surface area contributed by atoms with E-state index in [1.165, 1.54) is 17.0 Å². The Labute approximate surface area is 372 Å². The van der Waals surface area contributed by atoms with Crippen LogP contribution >= 0.6 is 0 Å². The summed E-state index contributed by atoms with van der Waals surface area (Å²) in [5, 5.41) is 20.4. The predicted molar refractivity (Wildman–Crippen MR) is 233 cm³/mol. The fraction of sp³-hybridized carbons (Fsp3) is 0.468. The van der Waals surface area contributed by atoms with E-state index in [9.17, 15) is 43.1 Å². The summed E-state index contributed by atoms with van der Waals surface area (Å²) in [5.41, 5.74) is 1.16. The number of hydrogen-bond acceptors (Lipinski definition) is 10. The number of nitrogens with one attached hydrogen (secondary N) is 4. The Morgan fingerprint density at radius 1 is 0.766 bits per heavy atom. The summed E-state index contributed by atoms with van der Waals surface area (Å²) in [5.74, 6) is -4.45. The van der Waals surface area contributed by atoms with Crippen molar-refractivity contribution in [1.29, 1.82) is 0 Å². The zero-order valence-electron chi connectivity index (χ0n) is 36.9. The first kappa shape index (κ1) is 48.5. The van der Waals surface area contributed by atoms with E-state index >= 15 is 0 Å². The molecule has 2 aliphatic heterocycles. The number of carbonyl (C=O) groups is 7. The maximum atomic E-state index is 14.9. The molecule has 2 fully saturated rings. The molecule has 0 aliphatic carbocycles. The number of hydrogen-bond donors (Lipinski definition) is 5. The van der Waals surface area contributed by atoms with Gasteiger partial charge in [-0.15, -0.1) is 0 Å². The van der Waals surface area contributed by atoms with Gasteiger partial charge in [-0.25, -0.2) is 14.0 Å². The van der Waals surface area contributed by atoms with E-state index in [2.05, 4.69) is 21.3 Å². The highest BCUT2D eigenvalue weighted by atomic mass is 19.1. The molecule has 0 radical (unpaired) electrons. The number of alkyl carbamates (subject to hydrolysis) is 1. The second-order valence-corrected chi connectivity index (χ2v) is 17.4. The van der Waals surface area contributed by atoms with Crippen LogP contribution in [-0.2, 0) is 57.7 Å². The van der Waals surface area contributed by atoms with Gasteiger partial charge in [0.05, 0.1) is 13.1 Å². The van der Waals surface area contributed by atoms with Gasteiger partial charge in [0.25, 0.3) is 0 Å². The molecule has 6 amide bonds. The van der Waals surface area contributed by atoms with Gasteiger partial charge in [0, 0.05) is 25.8 Å². The van der Waals surface area contributed by atoms with E-state index < -0.39 is 96.0 Å². The monoisotopic (exact) mass is 886 g/mol. The minimum atomic E-state index is -1.49. The normalized spacial score (nSPS) is 18.6. The summed E-state index contributed by atoms with van der Waals surface area (Å²) < 4.78 is 25.7. The minimum absolute atomic E-state index is 0.00883. The van der Waals surface area contributed by atoms with Crippen LogP contribution in [0, 0.1) is 5.92 Å². The second-order valence-electron chi connectivity index (χ2n) is 17.4. The number of amides is 6. The average molecular weight is 887 g/mol. The lowest BCUT2D eigenvalue weighted by atomic mass is 10.00. The van der Waals surface area contributed by atoms with Crippen molar-refractivity contribution in [2.75, 3.05) is 19.6 Å². The summed E-state index contributed by atoms with van der Waals surface area (Å²) in [6.45, 7) is 7.69. The molecule has 5 N–H and O–H groups in total. The molecule has 3 aromatic rings. The molecule has 2 heterocycles. The smallest absolute Gasteiger partial charge is 0.408 e. The molecule has 344 valence electrons. The van der Waals surface area contributed by atoms with Gasteiger partial charge in [-0.05, 0) is 68.4 Å². The van der Waals surface area contributed by atoms with Crippen molar-refractivity contribution in [3.8, 4) is 5.75 Å². The van der Waals surface area contributed by atoms with Crippen LogP contribution in [0.1, 0.15) is 70.6 Å². The van der Waals surface area contributed by atoms with Crippen molar-refractivity contribution < 1.29 is 52.5 Å². The number of rotatable bonds is 17. The molecule has 16 nitrogen and oxygen atoms in total. The molecule has 2 aliphatic rings. The predicted octanol–water partition coefficient (Wildman–Crippen LogP) is 3.49. The molecule has 5 rings (SSSR count). The first-order valence-electron chi connectivity index (χ1n) is 21.5. The molecule has 2 saturated heterocycles. The minimum Gasteiger partial charge on any atom is -0.508 e. The molecule has 64 heavy (non-hydrogen) atoms. The molecule has 0 aromatic heterocycles. The second kappa shape index (κ2) is 22.2. The van der Waals surface area contributed by atoms with Crippen molar-refractivity contribution in [1.82, 2.24) is 31.1 Å². The highest BCUT2D eigenvalue weighted by molar-refractivity contribution is 5.96. The lowest BCUT2D eigenvalue weighted by molar-refractivity contribution is -0.155. The van der Waals surface area contributed by atoms with Crippen molar-refractivity contribution >= 4 is 41.6 Å². The third-order valence-electron chi connectivity index (χ3n) is 10.8. The largest absolute Gasteiger partial charge is 0.508 e. The quantitative estimate of drug-likeness (QED) is 0.125. The molecule has 0 unspecified atom stereocenters. The molecular formula is C47H59FN6O10. The fourth-order valence-electron chi connectivity index (χ4n) is 7.63. The number of aromatic hydroxyl groups is 1. The van der Waals surface area contributed by atoms with Crippen LogP contribution < -0.4 is 21.3 Å². The number of esters is 1. The summed E-state index contributed by atoms with van der Waals surface area (Å²) >= 11 is 0. The lowest BCUT2D eigenvalue weighted by Crippen LogP contribution is -2.59. The van der Waals surface area contributed by atoms with E-state index in [0.29, 0.717) is 17.5 Å². The first-order chi connectivity index (χ1) is 30.4. The molecule has 0 bridgehead atoms. The number of likely N-dealkylation sites (tertiary alicyclic amines) is 2. The van der Waals surface area contributed by atoms with E-state index in [1.54, 1.807) is 101 Å². The molecule has 17 heteroatoms. The van der Waals surface area contributed by atoms with Crippen LogP contribution in [0.2, 0.25) is 0 Å². The maximum absolute atomic E-state index is 14.9. The number of carbonyl (C=O) groups excluding carboxylic acids is 7. The van der Waals surface area contributed by atoms with Gasteiger partial charge in [-0.3, -0.25) is 24.0 Å². The van der Waals surface area contributed by atoms with E-state index in [0.717, 1.165) is 10.5 Å². The Morgan fingerprint density at radius 2 is 1.38 bits per heavy atom. The highest BCUT2D eigenvalue weighted by Gasteiger charge is 2.44. The summed E-state index contributed by atoms with van der Waals surface area (Å²) in [7, 11) is 0. The van der Waals surface area contributed by atoms with Crippen molar-refractivity contribution in [3.05, 3.63) is 102 Å². The zero-order valence-corrected chi connectivity index (χ0v) is 36.9. The van der Waals surface area contributed by atoms with Gasteiger partial charge in [0.15, 0.2) is 0 Å². The number of ether oxygens (including phenoxy) is 2. The van der Waals surface area contributed by atoms with Gasteiger partial charge in [0.2, 0.25) is 29.5 Å². The lowest BCUT2D eigenvalue weighted by Gasteiger charge is -2.31. The number of phenolic OH excluding ortho intramolecular Hbond substituents is 1. The summed E-state index contributed by atoms with van der Waals surface area (Å²) in [6, 6.07) is 18.1. The number of benzene rings is 3. The average Bonchev–Trinajstić information content (AvgIpc) is 3.91. The topological polar surface area (TPSA) is 213 Å². The Kier molecular flexibility index (Phi) is 16.8. The molecule has 0 saturated carbocycles. The van der Waals surface area contributed by atoms with Crippen LogP contribution in [0.3, 0.4) is 0 Å². The summed E-state index contributed by atoms with van der Waals surface area (Å²) in [4.78, 5) is 97.6. The summed E-state index contributed by atoms with van der Waals surface area (Å²) in [6.07, 6.45) is -1.84. The van der Waals surface area contributed by atoms with Crippen molar-refractivity contribution in [2.24, 2.45) is 5.92 Å². The Hall–Kier alpha value is -6.52. The van der Waals surface area contributed by atoms with Crippen LogP contribution in [0.4, 0.5) is 9.18 Å². The Bertz CT molecular complexity index is 2100. The third kappa shape index (κ3) is 14.0. The first-order valence-corrected chi connectivity index (χ1v) is 21.5. The van der Waals surface area contributed by atoms with E-state index in [4.69, 9.17) is 9.47 Å². The third-order valence-corrected chi connectivity index (χ3v) is 10.8. The standard InChI is InChI=1S/C47H59FN6O10/c1-29(2)40(52-41(57)35(51-46(62)64-47(3,4)5)23-31-18-20-34(55)21-19-31)44(60)53-22-12-17-37(53)42(58)49-26-39(56)50-36(24-30-13-8-6-9-14-30)43(59)54-27-33(48)25-38(54)45(61)63-28-32-15-10-7-11-16-32/h6-11,13-16,18-21,29,33,35-38,40,55H,12,17,22-28H2,1-5H3,(H,49,58)(H,50,56)(H,51,62)(H,52,57)/t33-,35-,36-,37-,38-,40-/m0/s1. The Balaban J connectivity index is 1.23. The van der Waals surface area contributed by atoms with E-state index in [-0.39, 0.29) is 51.1 Å². The van der Waals surface area contributed by atoms with Gasteiger partial charge in [-0.1, -0.05) is 86.6 Å². The van der Waals surface area contributed by atoms with Crippen LogP contribution in [0.15, 0.2) is 84.9 Å². The molecule has 0 spiro atoms. The van der Waals surface area contributed by atoms with Crippen LogP contribution in [0.5, 0.6) is 5.75 Å². The maximum Gasteiger partial charge on any atom is 0.408 e. The van der Waals surface area contributed by atoms with Gasteiger partial charge < -0.3 is 45.6 Å². The van der Waals surface area contributed by atoms with Gasteiger partial charge in [0.1, 0.15) is 54.3 Å². The van der Waals surface area contributed by atoms with E-state index in [1.807, 2.05) is 6.07 Å². The molecule has 3 aromatic carbocycles.